The molecule has 0 N–H and O–H groups in total. The highest BCUT2D eigenvalue weighted by atomic mass is 35.6. The predicted octanol–water partition coefficient (Wildman–Crippen LogP) is 1.63. The van der Waals surface area contributed by atoms with E-state index in [4.69, 9.17) is 11.1 Å². The second-order valence-corrected chi connectivity index (χ2v) is 3.02. The average molecular weight is 196 g/mol. The minimum absolute atomic E-state index is 0.690. The Morgan fingerprint density at radius 3 is 1.36 bits per heavy atom. The number of nitrogens with zero attached hydrogens (tertiary/aromatic N) is 1. The molecule has 0 saturated heterocycles. The third kappa shape index (κ3) is 6.85. The molecule has 0 rings (SSSR count). The van der Waals surface area contributed by atoms with Crippen molar-refractivity contribution in [3.8, 4) is 0 Å². The molecule has 11 heavy (non-hydrogen) atoms. The van der Waals surface area contributed by atoms with Crippen LogP contribution in [0.4, 0.5) is 0 Å². The second kappa shape index (κ2) is 8.56. The van der Waals surface area contributed by atoms with E-state index in [1.54, 1.807) is 0 Å². The molecule has 0 aliphatic rings. The molecule has 1 nitrogen and oxygen atoms in total. The lowest BCUT2D eigenvalue weighted by Gasteiger charge is -2.28. The van der Waals surface area contributed by atoms with Crippen LogP contribution in [0.2, 0.25) is 0 Å². The summed E-state index contributed by atoms with van der Waals surface area (Å²) in [5, 5.41) is 0. The van der Waals surface area contributed by atoms with Crippen LogP contribution in [0, 0.1) is 0 Å². The van der Waals surface area contributed by atoms with Crippen molar-refractivity contribution in [3.63, 3.8) is 0 Å². The van der Waals surface area contributed by atoms with Gasteiger partial charge in [-0.3, -0.25) is 4.90 Å². The maximum atomic E-state index is 4.78. The summed E-state index contributed by atoms with van der Waals surface area (Å²) >= 11 is 4.78. The van der Waals surface area contributed by atoms with Gasteiger partial charge in [-0.05, 0) is 34.2 Å². The first-order chi connectivity index (χ1) is 5.09. The molecular formula is C8H22ClNSi. The summed E-state index contributed by atoms with van der Waals surface area (Å²) in [7, 11) is 0.778. The molecule has 0 saturated carbocycles. The topological polar surface area (TPSA) is 3.24 Å². The number of hydrogen-bond acceptors (Lipinski definition) is 1. The van der Waals surface area contributed by atoms with Crippen molar-refractivity contribution in [2.75, 3.05) is 6.54 Å². The average Bonchev–Trinajstić information content (AvgIpc) is 1.91. The largest absolute Gasteiger partial charge is 0.299 e. The zero-order valence-electron chi connectivity index (χ0n) is 8.69. The molecule has 3 heteroatoms. The molecule has 0 radical (unpaired) electrons. The Labute approximate surface area is 79.2 Å². The van der Waals surface area contributed by atoms with E-state index in [2.05, 4.69) is 39.5 Å². The van der Waals surface area contributed by atoms with Crippen molar-refractivity contribution in [2.45, 2.75) is 46.7 Å². The lowest BCUT2D eigenvalue weighted by Crippen LogP contribution is -2.36. The van der Waals surface area contributed by atoms with Crippen LogP contribution in [0.3, 0.4) is 0 Å². The monoisotopic (exact) mass is 195 g/mol. The van der Waals surface area contributed by atoms with Gasteiger partial charge >= 0.3 is 0 Å². The van der Waals surface area contributed by atoms with Crippen LogP contribution in [0.25, 0.3) is 0 Å². The molecule has 0 aromatic heterocycles. The van der Waals surface area contributed by atoms with Gasteiger partial charge in [0.25, 0.3) is 0 Å². The Morgan fingerprint density at radius 1 is 1.09 bits per heavy atom. The molecule has 0 aromatic rings. The summed E-state index contributed by atoms with van der Waals surface area (Å²) in [5.74, 6) is 0. The van der Waals surface area contributed by atoms with E-state index in [-0.39, 0.29) is 0 Å². The summed E-state index contributed by atoms with van der Waals surface area (Å²) in [5.41, 5.74) is 0. The van der Waals surface area contributed by atoms with Crippen LogP contribution in [0.5, 0.6) is 0 Å². The number of hydrogen-bond donors (Lipinski definition) is 0. The molecule has 0 atom stereocenters. The van der Waals surface area contributed by atoms with Crippen molar-refractivity contribution >= 4 is 20.6 Å². The minimum Gasteiger partial charge on any atom is -0.299 e. The molecule has 0 amide bonds. The van der Waals surface area contributed by atoms with Crippen molar-refractivity contribution in [3.05, 3.63) is 0 Å². The fourth-order valence-corrected chi connectivity index (χ4v) is 1.33. The first-order valence-electron chi connectivity index (χ1n) is 4.23. The van der Waals surface area contributed by atoms with Crippen molar-refractivity contribution in [1.82, 2.24) is 4.90 Å². The minimum atomic E-state index is 0.690. The molecule has 0 fully saturated rings. The Hall–Kier alpha value is 0.467. The van der Waals surface area contributed by atoms with E-state index < -0.39 is 0 Å². The van der Waals surface area contributed by atoms with Crippen molar-refractivity contribution in [2.24, 2.45) is 0 Å². The van der Waals surface area contributed by atoms with Gasteiger partial charge in [-0.1, -0.05) is 6.92 Å². The van der Waals surface area contributed by atoms with Crippen molar-refractivity contribution < 1.29 is 0 Å². The Bertz CT molecular complexity index is 68.5. The van der Waals surface area contributed by atoms with Gasteiger partial charge in [0, 0.05) is 12.1 Å². The van der Waals surface area contributed by atoms with Crippen LogP contribution in [0.15, 0.2) is 0 Å². The third-order valence-electron chi connectivity index (χ3n) is 1.69. The van der Waals surface area contributed by atoms with E-state index in [1.807, 2.05) is 0 Å². The molecule has 0 heterocycles. The summed E-state index contributed by atoms with van der Waals surface area (Å²) in [4.78, 5) is 2.46. The molecule has 0 spiro atoms. The van der Waals surface area contributed by atoms with Gasteiger partial charge < -0.3 is 0 Å². The van der Waals surface area contributed by atoms with Gasteiger partial charge in [-0.15, -0.1) is 0 Å². The zero-order valence-corrected chi connectivity index (χ0v) is 11.4. The summed E-state index contributed by atoms with van der Waals surface area (Å²) in [6.07, 6.45) is 0. The van der Waals surface area contributed by atoms with Gasteiger partial charge in [0.1, 0.15) is 9.55 Å². The van der Waals surface area contributed by atoms with Crippen LogP contribution in [-0.2, 0) is 0 Å². The molecule has 0 aliphatic carbocycles. The van der Waals surface area contributed by atoms with Gasteiger partial charge in [0.15, 0.2) is 0 Å². The van der Waals surface area contributed by atoms with E-state index in [9.17, 15) is 0 Å². The Morgan fingerprint density at radius 2 is 1.36 bits per heavy atom. The van der Waals surface area contributed by atoms with Crippen molar-refractivity contribution in [1.29, 1.82) is 0 Å². The summed E-state index contributed by atoms with van der Waals surface area (Å²) < 4.78 is 0. The van der Waals surface area contributed by atoms with Gasteiger partial charge in [-0.2, -0.15) is 11.1 Å². The highest BCUT2D eigenvalue weighted by Crippen LogP contribution is 2.02. The standard InChI is InChI=1S/C8H19N.ClH3Si/c1-6-9(7(2)3)8(4)5;1-2/h7-8H,6H2,1-5H3;2H3. The Kier molecular flexibility index (Phi) is 10.9. The third-order valence-corrected chi connectivity index (χ3v) is 1.69. The Balaban J connectivity index is 0. The summed E-state index contributed by atoms with van der Waals surface area (Å²) in [6.45, 7) is 12.3. The molecule has 0 aliphatic heterocycles. The smallest absolute Gasteiger partial charge is 0.109 e. The van der Waals surface area contributed by atoms with E-state index in [0.29, 0.717) is 12.1 Å². The second-order valence-electron chi connectivity index (χ2n) is 3.02. The first-order valence-corrected chi connectivity index (χ1v) is 7.25. The normalized spacial score (nSPS) is 10.6. The molecule has 0 unspecified atom stereocenters. The lowest BCUT2D eigenvalue weighted by atomic mass is 10.2. The highest BCUT2D eigenvalue weighted by Gasteiger charge is 2.08. The van der Waals surface area contributed by atoms with E-state index >= 15 is 0 Å². The fraction of sp³-hybridized carbons (Fsp3) is 1.00. The van der Waals surface area contributed by atoms with E-state index in [0.717, 1.165) is 16.1 Å². The van der Waals surface area contributed by atoms with Crippen LogP contribution >= 0.6 is 11.1 Å². The molecule has 0 bridgehead atoms. The highest BCUT2D eigenvalue weighted by molar-refractivity contribution is 6.80. The number of halogens is 1. The number of rotatable bonds is 3. The maximum Gasteiger partial charge on any atom is 0.109 e. The predicted molar refractivity (Wildman–Crippen MR) is 58.4 cm³/mol. The fourth-order valence-electron chi connectivity index (χ4n) is 1.33. The van der Waals surface area contributed by atoms with Crippen LogP contribution in [-0.4, -0.2) is 33.1 Å². The molecule has 0 aromatic carbocycles. The van der Waals surface area contributed by atoms with Gasteiger partial charge in [-0.25, -0.2) is 0 Å². The SMILES string of the molecule is CCN(C(C)C)C(C)C.[SiH3]Cl. The van der Waals surface area contributed by atoms with E-state index in [1.165, 1.54) is 0 Å². The zero-order chi connectivity index (χ0) is 9.44. The maximum absolute atomic E-state index is 4.78. The van der Waals surface area contributed by atoms with Crippen LogP contribution < -0.4 is 0 Å². The first kappa shape index (κ1) is 14.0. The molecular weight excluding hydrogens is 174 g/mol. The quantitative estimate of drug-likeness (QED) is 0.489. The van der Waals surface area contributed by atoms with Gasteiger partial charge in [0.05, 0.1) is 0 Å². The lowest BCUT2D eigenvalue weighted by molar-refractivity contribution is 0.185. The van der Waals surface area contributed by atoms with Crippen LogP contribution in [0.1, 0.15) is 34.6 Å². The van der Waals surface area contributed by atoms with Gasteiger partial charge in [0.2, 0.25) is 0 Å². The summed E-state index contributed by atoms with van der Waals surface area (Å²) in [6, 6.07) is 1.38. The molecule has 70 valence electrons.